The topological polar surface area (TPSA) is 44.5 Å². The van der Waals surface area contributed by atoms with Crippen LogP contribution in [0.5, 0.6) is 11.5 Å². The number of nitrogens with two attached hydrogens (primary N) is 1. The molecule has 1 atom stereocenters. The Balaban J connectivity index is 1.91. The van der Waals surface area contributed by atoms with E-state index in [2.05, 4.69) is 31.2 Å². The molecule has 0 aromatic heterocycles. The van der Waals surface area contributed by atoms with Crippen molar-refractivity contribution in [3.63, 3.8) is 0 Å². The monoisotopic (exact) mass is 255 g/mol. The minimum Gasteiger partial charge on any atom is -0.486 e. The van der Waals surface area contributed by atoms with Crippen LogP contribution in [-0.4, -0.2) is 13.2 Å². The molecule has 1 aliphatic rings. The Morgan fingerprint density at radius 1 is 0.895 bits per heavy atom. The summed E-state index contributed by atoms with van der Waals surface area (Å²) in [4.78, 5) is 0. The van der Waals surface area contributed by atoms with Gasteiger partial charge in [-0.1, -0.05) is 35.9 Å². The van der Waals surface area contributed by atoms with E-state index in [1.54, 1.807) is 0 Å². The van der Waals surface area contributed by atoms with Gasteiger partial charge in [-0.05, 0) is 30.2 Å². The highest BCUT2D eigenvalue weighted by atomic mass is 16.6. The number of ether oxygens (including phenoxy) is 2. The first-order valence-corrected chi connectivity index (χ1v) is 6.46. The SMILES string of the molecule is Cc1ccc(C(N)c2ccc3c(c2)OCCO3)cc1. The Labute approximate surface area is 113 Å². The lowest BCUT2D eigenvalue weighted by atomic mass is 9.98. The lowest BCUT2D eigenvalue weighted by molar-refractivity contribution is 0.171. The van der Waals surface area contributed by atoms with Gasteiger partial charge in [-0.25, -0.2) is 0 Å². The minimum atomic E-state index is -0.142. The van der Waals surface area contributed by atoms with Gasteiger partial charge in [0.25, 0.3) is 0 Å². The van der Waals surface area contributed by atoms with E-state index in [1.807, 2.05) is 18.2 Å². The molecule has 0 radical (unpaired) electrons. The van der Waals surface area contributed by atoms with E-state index < -0.39 is 0 Å². The standard InChI is InChI=1S/C16H17NO2/c1-11-2-4-12(5-3-11)16(17)13-6-7-14-15(10-13)19-9-8-18-14/h2-7,10,16H,8-9,17H2,1H3. The van der Waals surface area contributed by atoms with Crippen LogP contribution in [0.4, 0.5) is 0 Å². The molecule has 0 saturated carbocycles. The number of benzene rings is 2. The van der Waals surface area contributed by atoms with Gasteiger partial charge in [-0.3, -0.25) is 0 Å². The van der Waals surface area contributed by atoms with Crippen molar-refractivity contribution >= 4 is 0 Å². The third-order valence-electron chi connectivity index (χ3n) is 3.36. The van der Waals surface area contributed by atoms with Crippen molar-refractivity contribution in [2.75, 3.05) is 13.2 Å². The molecule has 0 saturated heterocycles. The normalized spacial score (nSPS) is 15.1. The molecule has 1 aliphatic heterocycles. The molecule has 0 bridgehead atoms. The zero-order valence-electron chi connectivity index (χ0n) is 10.9. The van der Waals surface area contributed by atoms with Crippen LogP contribution in [0.2, 0.25) is 0 Å². The Morgan fingerprint density at radius 3 is 2.26 bits per heavy atom. The first-order chi connectivity index (χ1) is 9.24. The fourth-order valence-electron chi connectivity index (χ4n) is 2.22. The Kier molecular flexibility index (Phi) is 3.13. The van der Waals surface area contributed by atoms with Gasteiger partial charge < -0.3 is 15.2 Å². The number of fused-ring (bicyclic) bond motifs is 1. The zero-order chi connectivity index (χ0) is 13.2. The van der Waals surface area contributed by atoms with Crippen LogP contribution in [0, 0.1) is 6.92 Å². The molecular formula is C16H17NO2. The molecule has 0 amide bonds. The predicted molar refractivity (Wildman–Crippen MR) is 74.6 cm³/mol. The van der Waals surface area contributed by atoms with Crippen molar-refractivity contribution in [3.8, 4) is 11.5 Å². The quantitative estimate of drug-likeness (QED) is 0.897. The average molecular weight is 255 g/mol. The highest BCUT2D eigenvalue weighted by molar-refractivity contribution is 5.46. The van der Waals surface area contributed by atoms with Gasteiger partial charge in [0.2, 0.25) is 0 Å². The number of hydrogen-bond donors (Lipinski definition) is 1. The van der Waals surface area contributed by atoms with E-state index in [9.17, 15) is 0 Å². The van der Waals surface area contributed by atoms with E-state index in [-0.39, 0.29) is 6.04 Å². The lowest BCUT2D eigenvalue weighted by Crippen LogP contribution is -2.17. The second kappa shape index (κ2) is 4.94. The molecule has 0 aliphatic carbocycles. The fraction of sp³-hybridized carbons (Fsp3) is 0.250. The molecule has 3 rings (SSSR count). The highest BCUT2D eigenvalue weighted by Crippen LogP contribution is 2.33. The number of rotatable bonds is 2. The minimum absolute atomic E-state index is 0.142. The maximum atomic E-state index is 6.30. The summed E-state index contributed by atoms with van der Waals surface area (Å²) in [6.07, 6.45) is 0. The van der Waals surface area contributed by atoms with Crippen molar-refractivity contribution < 1.29 is 9.47 Å². The van der Waals surface area contributed by atoms with Gasteiger partial charge in [-0.2, -0.15) is 0 Å². The van der Waals surface area contributed by atoms with Gasteiger partial charge in [-0.15, -0.1) is 0 Å². The van der Waals surface area contributed by atoms with Crippen LogP contribution in [0.25, 0.3) is 0 Å². The third kappa shape index (κ3) is 2.42. The molecule has 2 aromatic rings. The van der Waals surface area contributed by atoms with Crippen LogP contribution in [0.1, 0.15) is 22.7 Å². The van der Waals surface area contributed by atoms with Gasteiger partial charge in [0.05, 0.1) is 6.04 Å². The Hall–Kier alpha value is -2.00. The highest BCUT2D eigenvalue weighted by Gasteiger charge is 2.15. The summed E-state index contributed by atoms with van der Waals surface area (Å²) in [6.45, 7) is 3.27. The maximum Gasteiger partial charge on any atom is 0.161 e. The van der Waals surface area contributed by atoms with E-state index >= 15 is 0 Å². The van der Waals surface area contributed by atoms with E-state index in [4.69, 9.17) is 15.2 Å². The molecule has 3 heteroatoms. The van der Waals surface area contributed by atoms with Gasteiger partial charge in [0.1, 0.15) is 13.2 Å². The molecule has 1 heterocycles. The first-order valence-electron chi connectivity index (χ1n) is 6.46. The zero-order valence-corrected chi connectivity index (χ0v) is 10.9. The van der Waals surface area contributed by atoms with Gasteiger partial charge >= 0.3 is 0 Å². The summed E-state index contributed by atoms with van der Waals surface area (Å²) in [5.74, 6) is 1.58. The van der Waals surface area contributed by atoms with Crippen molar-refractivity contribution in [3.05, 3.63) is 59.2 Å². The number of aryl methyl sites for hydroxylation is 1. The van der Waals surface area contributed by atoms with Crippen molar-refractivity contribution in [1.82, 2.24) is 0 Å². The maximum absolute atomic E-state index is 6.30. The molecule has 2 aromatic carbocycles. The second-order valence-electron chi connectivity index (χ2n) is 4.79. The van der Waals surface area contributed by atoms with Crippen molar-refractivity contribution in [2.45, 2.75) is 13.0 Å². The second-order valence-corrected chi connectivity index (χ2v) is 4.79. The molecule has 0 fully saturated rings. The summed E-state index contributed by atoms with van der Waals surface area (Å²) in [5, 5.41) is 0. The molecule has 2 N–H and O–H groups in total. The van der Waals surface area contributed by atoms with Crippen LogP contribution in [0.3, 0.4) is 0 Å². The van der Waals surface area contributed by atoms with E-state index in [0.717, 1.165) is 22.6 Å². The number of hydrogen-bond acceptors (Lipinski definition) is 3. The summed E-state index contributed by atoms with van der Waals surface area (Å²) >= 11 is 0. The lowest BCUT2D eigenvalue weighted by Gasteiger charge is -2.20. The largest absolute Gasteiger partial charge is 0.486 e. The predicted octanol–water partition coefficient (Wildman–Crippen LogP) is 2.81. The molecule has 98 valence electrons. The van der Waals surface area contributed by atoms with E-state index in [0.29, 0.717) is 13.2 Å². The summed E-state index contributed by atoms with van der Waals surface area (Å²) < 4.78 is 11.1. The molecule has 3 nitrogen and oxygen atoms in total. The Bertz CT molecular complexity index is 578. The summed E-state index contributed by atoms with van der Waals surface area (Å²) in [6, 6.07) is 14.0. The Morgan fingerprint density at radius 2 is 1.53 bits per heavy atom. The van der Waals surface area contributed by atoms with Gasteiger partial charge in [0, 0.05) is 0 Å². The van der Waals surface area contributed by atoms with Crippen molar-refractivity contribution in [2.24, 2.45) is 5.73 Å². The molecular weight excluding hydrogens is 238 g/mol. The summed E-state index contributed by atoms with van der Waals surface area (Å²) in [7, 11) is 0. The van der Waals surface area contributed by atoms with E-state index in [1.165, 1.54) is 5.56 Å². The molecule has 1 unspecified atom stereocenters. The molecule has 19 heavy (non-hydrogen) atoms. The third-order valence-corrected chi connectivity index (χ3v) is 3.36. The fourth-order valence-corrected chi connectivity index (χ4v) is 2.22. The molecule has 0 spiro atoms. The van der Waals surface area contributed by atoms with Crippen LogP contribution >= 0.6 is 0 Å². The average Bonchev–Trinajstić information content (AvgIpc) is 2.47. The first kappa shape index (κ1) is 12.1. The van der Waals surface area contributed by atoms with Crippen LogP contribution in [0.15, 0.2) is 42.5 Å². The summed E-state index contributed by atoms with van der Waals surface area (Å²) in [5.41, 5.74) is 9.67. The van der Waals surface area contributed by atoms with Crippen LogP contribution < -0.4 is 15.2 Å². The van der Waals surface area contributed by atoms with Crippen LogP contribution in [-0.2, 0) is 0 Å². The van der Waals surface area contributed by atoms with Crippen molar-refractivity contribution in [1.29, 1.82) is 0 Å². The van der Waals surface area contributed by atoms with Gasteiger partial charge in [0.15, 0.2) is 11.5 Å². The smallest absolute Gasteiger partial charge is 0.161 e.